The van der Waals surface area contributed by atoms with Gasteiger partial charge in [0.05, 0.1) is 11.1 Å². The number of nitrogens with one attached hydrogen (secondary N) is 1. The molecule has 0 atom stereocenters. The molecule has 4 rings (SSSR count). The van der Waals surface area contributed by atoms with Gasteiger partial charge in [0.15, 0.2) is 0 Å². The van der Waals surface area contributed by atoms with Crippen molar-refractivity contribution in [3.8, 4) is 0 Å². The van der Waals surface area contributed by atoms with E-state index in [-0.39, 0.29) is 5.56 Å². The smallest absolute Gasteiger partial charge is 0.264 e. The van der Waals surface area contributed by atoms with Gasteiger partial charge < -0.3 is 5.32 Å². The third kappa shape index (κ3) is 3.07. The Labute approximate surface area is 168 Å². The Morgan fingerprint density at radius 2 is 2.07 bits per heavy atom. The lowest BCUT2D eigenvalue weighted by Crippen LogP contribution is -2.25. The van der Waals surface area contributed by atoms with E-state index < -0.39 is 0 Å². The van der Waals surface area contributed by atoms with E-state index in [1.54, 1.807) is 22.0 Å². The largest absolute Gasteiger partial charge is 0.351 e. The van der Waals surface area contributed by atoms with E-state index in [2.05, 4.69) is 30.8 Å². The highest BCUT2D eigenvalue weighted by Crippen LogP contribution is 2.34. The number of fused-ring (bicyclic) bond motifs is 3. The zero-order valence-corrected chi connectivity index (χ0v) is 17.7. The number of rotatable bonds is 6. The summed E-state index contributed by atoms with van der Waals surface area (Å²) in [5.41, 5.74) is 4.59. The van der Waals surface area contributed by atoms with Gasteiger partial charge in [-0.15, -0.1) is 17.9 Å². The summed E-state index contributed by atoms with van der Waals surface area (Å²) in [6.45, 7) is 11.9. The lowest BCUT2D eigenvalue weighted by atomic mass is 9.97. The lowest BCUT2D eigenvalue weighted by Gasteiger charge is -2.14. The second-order valence-corrected chi connectivity index (χ2v) is 8.43. The molecule has 3 aromatic rings. The molecule has 1 N–H and O–H groups in total. The maximum Gasteiger partial charge on any atom is 0.264 e. The summed E-state index contributed by atoms with van der Waals surface area (Å²) in [4.78, 5) is 20.3. The van der Waals surface area contributed by atoms with Crippen LogP contribution in [0.2, 0.25) is 0 Å². The van der Waals surface area contributed by atoms with E-state index in [4.69, 9.17) is 4.98 Å². The summed E-state index contributed by atoms with van der Waals surface area (Å²) >= 11 is 1.68. The average molecular weight is 398 g/mol. The predicted octanol–water partition coefficient (Wildman–Crippen LogP) is 3.97. The van der Waals surface area contributed by atoms with Gasteiger partial charge in [0.2, 0.25) is 5.95 Å². The van der Waals surface area contributed by atoms with E-state index >= 15 is 0 Å². The molecule has 0 unspecified atom stereocenters. The number of aryl methyl sites for hydroxylation is 4. The van der Waals surface area contributed by atoms with Gasteiger partial charge in [-0.2, -0.15) is 5.10 Å². The summed E-state index contributed by atoms with van der Waals surface area (Å²) in [7, 11) is 0. The quantitative estimate of drug-likeness (QED) is 0.639. The highest BCUT2D eigenvalue weighted by molar-refractivity contribution is 7.18. The SMILES string of the molecule is C=CCn1c(NCc2c(C)nn(CC)c2C)nc2sc3c(c2c1=O)CCCC3. The van der Waals surface area contributed by atoms with Crippen molar-refractivity contribution in [2.45, 2.75) is 66.1 Å². The van der Waals surface area contributed by atoms with Gasteiger partial charge in [-0.25, -0.2) is 4.98 Å². The van der Waals surface area contributed by atoms with E-state index in [1.165, 1.54) is 16.9 Å². The van der Waals surface area contributed by atoms with Crippen molar-refractivity contribution in [1.82, 2.24) is 19.3 Å². The monoisotopic (exact) mass is 397 g/mol. The molecule has 0 bridgehead atoms. The van der Waals surface area contributed by atoms with Crippen LogP contribution >= 0.6 is 11.3 Å². The van der Waals surface area contributed by atoms with E-state index in [9.17, 15) is 4.79 Å². The van der Waals surface area contributed by atoms with Crippen LogP contribution < -0.4 is 10.9 Å². The Bertz CT molecular complexity index is 1100. The molecule has 0 aliphatic heterocycles. The summed E-state index contributed by atoms with van der Waals surface area (Å²) < 4.78 is 3.72. The zero-order chi connectivity index (χ0) is 19.8. The molecule has 0 radical (unpaired) electrons. The normalized spacial score (nSPS) is 13.7. The highest BCUT2D eigenvalue weighted by atomic mass is 32.1. The predicted molar refractivity (Wildman–Crippen MR) is 115 cm³/mol. The molecule has 3 aromatic heterocycles. The lowest BCUT2D eigenvalue weighted by molar-refractivity contribution is 0.633. The minimum absolute atomic E-state index is 0.0458. The number of hydrogen-bond acceptors (Lipinski definition) is 5. The average Bonchev–Trinajstić information content (AvgIpc) is 3.19. The first-order valence-electron chi connectivity index (χ1n) is 9.97. The topological polar surface area (TPSA) is 64.7 Å². The van der Waals surface area contributed by atoms with Crippen LogP contribution in [0.4, 0.5) is 5.95 Å². The molecule has 1 aliphatic carbocycles. The molecule has 1 aliphatic rings. The van der Waals surface area contributed by atoms with Crippen LogP contribution in [0.1, 0.15) is 47.2 Å². The molecular weight excluding hydrogens is 370 g/mol. The summed E-state index contributed by atoms with van der Waals surface area (Å²) in [6, 6.07) is 0. The number of thiophene rings is 1. The van der Waals surface area contributed by atoms with Crippen molar-refractivity contribution < 1.29 is 0 Å². The van der Waals surface area contributed by atoms with Gasteiger partial charge in [-0.05, 0) is 52.0 Å². The van der Waals surface area contributed by atoms with Crippen molar-refractivity contribution in [3.63, 3.8) is 0 Å². The molecule has 7 heteroatoms. The fraction of sp³-hybridized carbons (Fsp3) is 0.476. The molecule has 0 aromatic carbocycles. The summed E-state index contributed by atoms with van der Waals surface area (Å²) in [5, 5.41) is 8.81. The molecule has 0 saturated carbocycles. The zero-order valence-electron chi connectivity index (χ0n) is 16.8. The van der Waals surface area contributed by atoms with Gasteiger partial charge in [0.25, 0.3) is 5.56 Å². The fourth-order valence-electron chi connectivity index (χ4n) is 4.14. The second-order valence-electron chi connectivity index (χ2n) is 7.35. The number of nitrogens with zero attached hydrogens (tertiary/aromatic N) is 4. The molecule has 0 fully saturated rings. The van der Waals surface area contributed by atoms with Gasteiger partial charge >= 0.3 is 0 Å². The van der Waals surface area contributed by atoms with Gasteiger partial charge in [0.1, 0.15) is 4.83 Å². The van der Waals surface area contributed by atoms with Crippen LogP contribution in [-0.2, 0) is 32.5 Å². The Morgan fingerprint density at radius 1 is 1.29 bits per heavy atom. The van der Waals surface area contributed by atoms with Crippen LogP contribution in [0.25, 0.3) is 10.2 Å². The van der Waals surface area contributed by atoms with Crippen molar-refractivity contribution in [2.24, 2.45) is 0 Å². The highest BCUT2D eigenvalue weighted by Gasteiger charge is 2.22. The van der Waals surface area contributed by atoms with Crippen LogP contribution in [0.5, 0.6) is 0 Å². The van der Waals surface area contributed by atoms with Crippen molar-refractivity contribution in [2.75, 3.05) is 5.32 Å². The standard InChI is InChI=1S/C21H27N5OS/c1-5-11-25-20(27)18-15-9-7-8-10-17(15)28-19(18)23-21(25)22-12-16-13(3)24-26(6-2)14(16)4/h5H,1,6-12H2,2-4H3,(H,22,23). The third-order valence-corrected chi connectivity index (χ3v) is 6.83. The van der Waals surface area contributed by atoms with E-state index in [0.29, 0.717) is 19.0 Å². The minimum Gasteiger partial charge on any atom is -0.351 e. The Kier molecular flexibility index (Phi) is 5.10. The molecule has 6 nitrogen and oxygen atoms in total. The van der Waals surface area contributed by atoms with Crippen LogP contribution in [0.3, 0.4) is 0 Å². The van der Waals surface area contributed by atoms with E-state index in [1.807, 2.05) is 11.6 Å². The molecule has 148 valence electrons. The number of allylic oxidation sites excluding steroid dienone is 1. The first kappa shape index (κ1) is 18.9. The van der Waals surface area contributed by atoms with Crippen molar-refractivity contribution >= 4 is 27.5 Å². The molecule has 0 saturated heterocycles. The maximum atomic E-state index is 13.3. The molecule has 28 heavy (non-hydrogen) atoms. The maximum absolute atomic E-state index is 13.3. The fourth-order valence-corrected chi connectivity index (χ4v) is 5.39. The third-order valence-electron chi connectivity index (χ3n) is 5.64. The molecule has 0 spiro atoms. The number of anilines is 1. The Hall–Kier alpha value is -2.41. The van der Waals surface area contributed by atoms with Gasteiger partial charge in [-0.3, -0.25) is 14.0 Å². The summed E-state index contributed by atoms with van der Waals surface area (Å²) in [5.74, 6) is 0.610. The minimum atomic E-state index is 0.0458. The van der Waals surface area contributed by atoms with Gasteiger partial charge in [0, 0.05) is 35.8 Å². The first-order chi connectivity index (χ1) is 13.5. The van der Waals surface area contributed by atoms with Crippen molar-refractivity contribution in [3.05, 3.63) is 50.4 Å². The molecule has 3 heterocycles. The number of aromatic nitrogens is 4. The van der Waals surface area contributed by atoms with Crippen LogP contribution in [0, 0.1) is 13.8 Å². The molecular formula is C21H27N5OS. The second kappa shape index (κ2) is 7.54. The van der Waals surface area contributed by atoms with Gasteiger partial charge in [-0.1, -0.05) is 6.08 Å². The number of hydrogen-bond donors (Lipinski definition) is 1. The summed E-state index contributed by atoms with van der Waals surface area (Å²) in [6.07, 6.45) is 6.16. The Morgan fingerprint density at radius 3 is 2.79 bits per heavy atom. The Balaban J connectivity index is 1.76. The first-order valence-corrected chi connectivity index (χ1v) is 10.8. The van der Waals surface area contributed by atoms with E-state index in [0.717, 1.165) is 53.0 Å². The van der Waals surface area contributed by atoms with Crippen LogP contribution in [-0.4, -0.2) is 19.3 Å². The molecule has 0 amide bonds. The van der Waals surface area contributed by atoms with Crippen molar-refractivity contribution in [1.29, 1.82) is 0 Å². The van der Waals surface area contributed by atoms with Crippen LogP contribution in [0.15, 0.2) is 17.4 Å².